The molecule has 1 spiro atoms. The van der Waals surface area contributed by atoms with E-state index in [2.05, 4.69) is 4.99 Å². The van der Waals surface area contributed by atoms with Gasteiger partial charge in [-0.3, -0.25) is 9.79 Å². The van der Waals surface area contributed by atoms with Gasteiger partial charge in [0.25, 0.3) is 0 Å². The van der Waals surface area contributed by atoms with E-state index < -0.39 is 17.1 Å². The summed E-state index contributed by atoms with van der Waals surface area (Å²) in [7, 11) is 3.36. The van der Waals surface area contributed by atoms with Gasteiger partial charge in [0.1, 0.15) is 0 Å². The first kappa shape index (κ1) is 14.7. The van der Waals surface area contributed by atoms with Gasteiger partial charge >= 0.3 is 0 Å². The second kappa shape index (κ2) is 4.57. The fourth-order valence-electron chi connectivity index (χ4n) is 4.61. The molecule has 1 fully saturated rings. The number of rotatable bonds is 1. The van der Waals surface area contributed by atoms with Crippen LogP contribution < -0.4 is 9.47 Å². The first-order valence-electron chi connectivity index (χ1n) is 8.01. The molecule has 5 nitrogen and oxygen atoms in total. The standard InChI is InChI=1S/C18H21NO4/c1-17(21)7-6-12(20)16-18(17)9-11(19-2)8-10-4-5-13(22-3)15(23-16)14(10)18/h4-5,16,21H,6-9H2,1-3H3/b19-11-/t16-,17-,18-/m0/s1. The van der Waals surface area contributed by atoms with E-state index in [1.54, 1.807) is 14.2 Å². The summed E-state index contributed by atoms with van der Waals surface area (Å²) >= 11 is 0. The number of ketones is 1. The number of hydrogen-bond donors (Lipinski definition) is 1. The zero-order valence-corrected chi connectivity index (χ0v) is 13.7. The molecule has 5 heteroatoms. The smallest absolute Gasteiger partial charge is 0.174 e. The summed E-state index contributed by atoms with van der Waals surface area (Å²) in [5.41, 5.74) is 1.25. The number of carbonyl (C=O) groups is 1. The maximum atomic E-state index is 12.6. The van der Waals surface area contributed by atoms with E-state index in [-0.39, 0.29) is 5.78 Å². The third-order valence-corrected chi connectivity index (χ3v) is 5.86. The molecule has 1 heterocycles. The molecular formula is C18H21NO4. The average molecular weight is 315 g/mol. The van der Waals surface area contributed by atoms with Gasteiger partial charge < -0.3 is 14.6 Å². The van der Waals surface area contributed by atoms with E-state index in [1.165, 1.54) is 0 Å². The number of benzene rings is 1. The second-order valence-corrected chi connectivity index (χ2v) is 6.98. The largest absolute Gasteiger partial charge is 0.493 e. The van der Waals surface area contributed by atoms with Crippen molar-refractivity contribution in [3.05, 3.63) is 23.3 Å². The van der Waals surface area contributed by atoms with Crippen LogP contribution in [0.5, 0.6) is 11.5 Å². The van der Waals surface area contributed by atoms with Crippen molar-refractivity contribution < 1.29 is 19.4 Å². The van der Waals surface area contributed by atoms with Crippen LogP contribution in [0.2, 0.25) is 0 Å². The molecule has 0 amide bonds. The van der Waals surface area contributed by atoms with Gasteiger partial charge in [0.15, 0.2) is 23.4 Å². The van der Waals surface area contributed by atoms with E-state index in [4.69, 9.17) is 9.47 Å². The van der Waals surface area contributed by atoms with Crippen LogP contribution in [0.3, 0.4) is 0 Å². The molecule has 122 valence electrons. The van der Waals surface area contributed by atoms with Crippen LogP contribution in [0.15, 0.2) is 17.1 Å². The predicted molar refractivity (Wildman–Crippen MR) is 85.6 cm³/mol. The summed E-state index contributed by atoms with van der Waals surface area (Å²) in [6, 6.07) is 3.88. The molecule has 2 aliphatic carbocycles. The number of aliphatic imine (C=N–C) groups is 1. The van der Waals surface area contributed by atoms with E-state index in [9.17, 15) is 9.90 Å². The van der Waals surface area contributed by atoms with Crippen LogP contribution in [0.4, 0.5) is 0 Å². The highest BCUT2D eigenvalue weighted by Crippen LogP contribution is 2.60. The molecule has 3 atom stereocenters. The van der Waals surface area contributed by atoms with E-state index in [1.807, 2.05) is 19.1 Å². The Balaban J connectivity index is 2.06. The molecule has 1 aromatic rings. The van der Waals surface area contributed by atoms with Crippen LogP contribution in [0, 0.1) is 0 Å². The van der Waals surface area contributed by atoms with Gasteiger partial charge in [-0.25, -0.2) is 0 Å². The Bertz CT molecular complexity index is 737. The van der Waals surface area contributed by atoms with Gasteiger partial charge in [0.05, 0.1) is 18.1 Å². The molecular weight excluding hydrogens is 294 g/mol. The fraction of sp³-hybridized carbons (Fsp3) is 0.556. The Labute approximate surface area is 135 Å². The van der Waals surface area contributed by atoms with Crippen molar-refractivity contribution in [2.24, 2.45) is 4.99 Å². The monoisotopic (exact) mass is 315 g/mol. The molecule has 3 aliphatic rings. The van der Waals surface area contributed by atoms with Gasteiger partial charge in [0.2, 0.25) is 0 Å². The van der Waals surface area contributed by atoms with Crippen molar-refractivity contribution in [1.29, 1.82) is 0 Å². The molecule has 1 N–H and O–H groups in total. The van der Waals surface area contributed by atoms with E-state index in [0.29, 0.717) is 30.8 Å². The molecule has 0 unspecified atom stereocenters. The maximum Gasteiger partial charge on any atom is 0.174 e. The topological polar surface area (TPSA) is 68.1 Å². The Morgan fingerprint density at radius 1 is 1.43 bits per heavy atom. The molecule has 4 rings (SSSR count). The number of aliphatic hydroxyl groups is 1. The number of nitrogens with zero attached hydrogens (tertiary/aromatic N) is 1. The summed E-state index contributed by atoms with van der Waals surface area (Å²) < 4.78 is 11.5. The Hall–Kier alpha value is -1.88. The first-order chi connectivity index (χ1) is 10.9. The van der Waals surface area contributed by atoms with Crippen LogP contribution in [0.25, 0.3) is 0 Å². The Kier molecular flexibility index (Phi) is 2.92. The minimum absolute atomic E-state index is 0.0538. The zero-order valence-electron chi connectivity index (χ0n) is 13.7. The summed E-state index contributed by atoms with van der Waals surface area (Å²) in [4.78, 5) is 17.0. The molecule has 1 aromatic carbocycles. The Morgan fingerprint density at radius 3 is 2.91 bits per heavy atom. The van der Waals surface area contributed by atoms with Crippen LogP contribution in [-0.4, -0.2) is 42.5 Å². The lowest BCUT2D eigenvalue weighted by Crippen LogP contribution is -2.63. The lowest BCUT2D eigenvalue weighted by atomic mass is 9.54. The third-order valence-electron chi connectivity index (χ3n) is 5.86. The highest BCUT2D eigenvalue weighted by atomic mass is 16.5. The van der Waals surface area contributed by atoms with E-state index >= 15 is 0 Å². The summed E-state index contributed by atoms with van der Waals surface area (Å²) in [6.07, 6.45) is 1.40. The second-order valence-electron chi connectivity index (χ2n) is 6.98. The average Bonchev–Trinajstić information content (AvgIpc) is 2.91. The summed E-state index contributed by atoms with van der Waals surface area (Å²) in [5, 5.41) is 11.3. The number of carbonyl (C=O) groups excluding carboxylic acids is 1. The SMILES string of the molecule is C/N=C1/Cc2ccc(OC)c3c2[C@@]2(C1)[C@@H](O3)C(=O)CC[C@]2(C)O. The van der Waals surface area contributed by atoms with Gasteiger partial charge in [-0.05, 0) is 25.0 Å². The van der Waals surface area contributed by atoms with Crippen molar-refractivity contribution in [2.45, 2.75) is 49.7 Å². The lowest BCUT2D eigenvalue weighted by Gasteiger charge is -2.50. The highest BCUT2D eigenvalue weighted by Gasteiger charge is 2.66. The van der Waals surface area contributed by atoms with Crippen LogP contribution in [-0.2, 0) is 16.6 Å². The first-order valence-corrected chi connectivity index (χ1v) is 8.01. The fourth-order valence-corrected chi connectivity index (χ4v) is 4.61. The van der Waals surface area contributed by atoms with Gasteiger partial charge in [-0.2, -0.15) is 0 Å². The van der Waals surface area contributed by atoms with Crippen LogP contribution >= 0.6 is 0 Å². The van der Waals surface area contributed by atoms with Crippen LogP contribution in [0.1, 0.15) is 37.3 Å². The minimum atomic E-state index is -1.02. The number of ether oxygens (including phenoxy) is 2. The number of methoxy groups -OCH3 is 1. The van der Waals surface area contributed by atoms with Gasteiger partial charge in [-0.15, -0.1) is 0 Å². The highest BCUT2D eigenvalue weighted by molar-refractivity contribution is 5.97. The van der Waals surface area contributed by atoms with E-state index in [0.717, 1.165) is 23.3 Å². The molecule has 1 saturated carbocycles. The molecule has 0 aromatic heterocycles. The van der Waals surface area contributed by atoms with Crippen molar-refractivity contribution in [3.63, 3.8) is 0 Å². The quantitative estimate of drug-likeness (QED) is 0.858. The maximum absolute atomic E-state index is 12.6. The zero-order chi connectivity index (χ0) is 16.4. The molecule has 1 aliphatic heterocycles. The van der Waals surface area contributed by atoms with Crippen molar-refractivity contribution in [2.75, 3.05) is 14.2 Å². The predicted octanol–water partition coefficient (Wildman–Crippen LogP) is 1.82. The summed E-state index contributed by atoms with van der Waals surface area (Å²) in [5.74, 6) is 1.30. The Morgan fingerprint density at radius 2 is 2.22 bits per heavy atom. The van der Waals surface area contributed by atoms with Gasteiger partial charge in [-0.1, -0.05) is 6.07 Å². The van der Waals surface area contributed by atoms with Crippen molar-refractivity contribution >= 4 is 11.5 Å². The minimum Gasteiger partial charge on any atom is -0.493 e. The normalized spacial score (nSPS) is 36.4. The third kappa shape index (κ3) is 1.66. The lowest BCUT2D eigenvalue weighted by molar-refractivity contribution is -0.146. The summed E-state index contributed by atoms with van der Waals surface area (Å²) in [6.45, 7) is 1.83. The van der Waals surface area contributed by atoms with Crippen molar-refractivity contribution in [1.82, 2.24) is 0 Å². The molecule has 0 radical (unpaired) electrons. The molecule has 0 saturated heterocycles. The molecule has 23 heavy (non-hydrogen) atoms. The number of hydrogen-bond acceptors (Lipinski definition) is 5. The number of Topliss-reactive ketones (excluding diaryl/α,β-unsaturated/α-hetero) is 1. The molecule has 0 bridgehead atoms. The van der Waals surface area contributed by atoms with Gasteiger partial charge in [0, 0.05) is 37.6 Å². The van der Waals surface area contributed by atoms with Crippen molar-refractivity contribution in [3.8, 4) is 11.5 Å².